The molecule has 0 saturated heterocycles. The van der Waals surface area contributed by atoms with Gasteiger partial charge in [0, 0.05) is 25.8 Å². The zero-order valence-corrected chi connectivity index (χ0v) is 11.6. The molecule has 0 aliphatic carbocycles. The molecule has 0 saturated carbocycles. The summed E-state index contributed by atoms with van der Waals surface area (Å²) in [5.41, 5.74) is 0.627. The number of pyridine rings is 1. The molecule has 0 unspecified atom stereocenters. The van der Waals surface area contributed by atoms with Gasteiger partial charge in [-0.2, -0.15) is 0 Å². The average molecular weight is 249 g/mol. The molecule has 0 radical (unpaired) electrons. The highest BCUT2D eigenvalue weighted by atomic mass is 16.1. The number of rotatable bonds is 7. The minimum Gasteiger partial charge on any atom is -0.357 e. The molecule has 0 aliphatic heterocycles. The quantitative estimate of drug-likeness (QED) is 0.755. The predicted octanol–water partition coefficient (Wildman–Crippen LogP) is 2.46. The fraction of sp³-hybridized carbons (Fsp3) is 0.571. The topological polar surface area (TPSA) is 45.2 Å². The van der Waals surface area contributed by atoms with Crippen molar-refractivity contribution in [2.24, 2.45) is 0 Å². The van der Waals surface area contributed by atoms with E-state index in [0.717, 1.165) is 38.3 Å². The average Bonchev–Trinajstić information content (AvgIpc) is 2.41. The van der Waals surface area contributed by atoms with Crippen molar-refractivity contribution in [2.75, 3.05) is 24.5 Å². The van der Waals surface area contributed by atoms with Crippen molar-refractivity contribution in [1.29, 1.82) is 0 Å². The molecular weight excluding hydrogens is 226 g/mol. The first-order valence-corrected chi connectivity index (χ1v) is 6.72. The van der Waals surface area contributed by atoms with Crippen LogP contribution in [-0.4, -0.2) is 30.5 Å². The van der Waals surface area contributed by atoms with E-state index in [2.05, 4.69) is 36.0 Å². The van der Waals surface area contributed by atoms with Crippen LogP contribution in [0.5, 0.6) is 0 Å². The molecule has 0 spiro atoms. The number of nitrogens with one attached hydrogen (secondary N) is 1. The van der Waals surface area contributed by atoms with Gasteiger partial charge in [0.25, 0.3) is 5.91 Å². The van der Waals surface area contributed by atoms with Gasteiger partial charge >= 0.3 is 0 Å². The molecule has 0 bridgehead atoms. The number of anilines is 1. The number of aromatic nitrogens is 1. The van der Waals surface area contributed by atoms with Gasteiger partial charge in [0.05, 0.1) is 5.56 Å². The number of amides is 1. The molecule has 1 aromatic heterocycles. The number of carbonyl (C=O) groups is 1. The van der Waals surface area contributed by atoms with Crippen LogP contribution >= 0.6 is 0 Å². The highest BCUT2D eigenvalue weighted by molar-refractivity contribution is 5.94. The smallest absolute Gasteiger partial charge is 0.252 e. The molecule has 1 heterocycles. The van der Waals surface area contributed by atoms with Crippen LogP contribution in [0.3, 0.4) is 0 Å². The molecule has 18 heavy (non-hydrogen) atoms. The first-order chi connectivity index (χ1) is 8.72. The molecular formula is C14H23N3O. The third kappa shape index (κ3) is 4.02. The van der Waals surface area contributed by atoms with Crippen LogP contribution in [0.4, 0.5) is 5.82 Å². The van der Waals surface area contributed by atoms with Crippen molar-refractivity contribution < 1.29 is 4.79 Å². The van der Waals surface area contributed by atoms with Gasteiger partial charge in [0.15, 0.2) is 0 Å². The largest absolute Gasteiger partial charge is 0.357 e. The molecule has 1 rings (SSSR count). The van der Waals surface area contributed by atoms with E-state index in [-0.39, 0.29) is 5.91 Å². The van der Waals surface area contributed by atoms with Crippen molar-refractivity contribution in [3.05, 3.63) is 23.9 Å². The fourth-order valence-electron chi connectivity index (χ4n) is 1.74. The van der Waals surface area contributed by atoms with Crippen LogP contribution < -0.4 is 10.2 Å². The van der Waals surface area contributed by atoms with Crippen molar-refractivity contribution in [3.63, 3.8) is 0 Å². The van der Waals surface area contributed by atoms with Gasteiger partial charge in [0.2, 0.25) is 0 Å². The second kappa shape index (κ2) is 7.69. The van der Waals surface area contributed by atoms with Crippen LogP contribution in [0.2, 0.25) is 0 Å². The van der Waals surface area contributed by atoms with Gasteiger partial charge in [-0.1, -0.05) is 13.3 Å². The Hall–Kier alpha value is -1.58. The molecule has 4 nitrogen and oxygen atoms in total. The van der Waals surface area contributed by atoms with Gasteiger partial charge in [-0.3, -0.25) is 4.79 Å². The Labute approximate surface area is 109 Å². The third-order valence-corrected chi connectivity index (χ3v) is 2.91. The van der Waals surface area contributed by atoms with Gasteiger partial charge in [0.1, 0.15) is 5.82 Å². The van der Waals surface area contributed by atoms with Crippen molar-refractivity contribution in [1.82, 2.24) is 10.3 Å². The fourth-order valence-corrected chi connectivity index (χ4v) is 1.74. The summed E-state index contributed by atoms with van der Waals surface area (Å²) in [6.07, 6.45) is 3.74. The zero-order chi connectivity index (χ0) is 13.4. The molecule has 4 heteroatoms. The normalized spacial score (nSPS) is 10.2. The van der Waals surface area contributed by atoms with Crippen LogP contribution in [0.25, 0.3) is 0 Å². The van der Waals surface area contributed by atoms with Gasteiger partial charge < -0.3 is 10.2 Å². The molecule has 0 atom stereocenters. The first-order valence-electron chi connectivity index (χ1n) is 6.72. The van der Waals surface area contributed by atoms with Crippen molar-refractivity contribution in [2.45, 2.75) is 33.6 Å². The van der Waals surface area contributed by atoms with Crippen LogP contribution in [0.1, 0.15) is 44.0 Å². The van der Waals surface area contributed by atoms with Crippen LogP contribution in [-0.2, 0) is 0 Å². The summed E-state index contributed by atoms with van der Waals surface area (Å²) in [7, 11) is 0. The van der Waals surface area contributed by atoms with E-state index in [0.29, 0.717) is 5.56 Å². The highest BCUT2D eigenvalue weighted by Crippen LogP contribution is 2.10. The monoisotopic (exact) mass is 249 g/mol. The van der Waals surface area contributed by atoms with Crippen LogP contribution in [0.15, 0.2) is 18.3 Å². The summed E-state index contributed by atoms with van der Waals surface area (Å²) in [5.74, 6) is 0.882. The van der Waals surface area contributed by atoms with E-state index in [1.54, 1.807) is 6.20 Å². The summed E-state index contributed by atoms with van der Waals surface area (Å²) in [6, 6.07) is 3.74. The van der Waals surface area contributed by atoms with E-state index in [1.165, 1.54) is 0 Å². The lowest BCUT2D eigenvalue weighted by molar-refractivity contribution is 0.0953. The van der Waals surface area contributed by atoms with E-state index in [9.17, 15) is 4.79 Å². The second-order valence-electron chi connectivity index (χ2n) is 4.19. The number of carbonyl (C=O) groups excluding carboxylic acids is 1. The molecule has 1 N–H and O–H groups in total. The Bertz CT molecular complexity index is 358. The standard InChI is InChI=1S/C14H23N3O/c1-4-7-10-15-14(18)12-8-9-13(16-11-12)17(5-2)6-3/h8-9,11H,4-7,10H2,1-3H3,(H,15,18). The Kier molecular flexibility index (Phi) is 6.19. The Balaban J connectivity index is 2.61. The third-order valence-electron chi connectivity index (χ3n) is 2.91. The minimum absolute atomic E-state index is 0.0398. The lowest BCUT2D eigenvalue weighted by Gasteiger charge is -2.19. The van der Waals surface area contributed by atoms with E-state index >= 15 is 0 Å². The summed E-state index contributed by atoms with van der Waals surface area (Å²) >= 11 is 0. The maximum absolute atomic E-state index is 11.8. The summed E-state index contributed by atoms with van der Waals surface area (Å²) in [5, 5.41) is 2.88. The van der Waals surface area contributed by atoms with Gasteiger partial charge in [-0.25, -0.2) is 4.98 Å². The Morgan fingerprint density at radius 2 is 2.00 bits per heavy atom. The lowest BCUT2D eigenvalue weighted by atomic mass is 10.2. The van der Waals surface area contributed by atoms with Crippen molar-refractivity contribution >= 4 is 11.7 Å². The zero-order valence-electron chi connectivity index (χ0n) is 11.6. The molecule has 100 valence electrons. The maximum atomic E-state index is 11.8. The van der Waals surface area contributed by atoms with Gasteiger partial charge in [-0.05, 0) is 32.4 Å². The number of hydrogen-bond donors (Lipinski definition) is 1. The van der Waals surface area contributed by atoms with E-state index in [4.69, 9.17) is 0 Å². The maximum Gasteiger partial charge on any atom is 0.252 e. The predicted molar refractivity (Wildman–Crippen MR) is 75.0 cm³/mol. The Morgan fingerprint density at radius 1 is 1.28 bits per heavy atom. The summed E-state index contributed by atoms with van der Waals surface area (Å²) in [4.78, 5) is 18.3. The first kappa shape index (κ1) is 14.5. The van der Waals surface area contributed by atoms with E-state index < -0.39 is 0 Å². The highest BCUT2D eigenvalue weighted by Gasteiger charge is 2.07. The second-order valence-corrected chi connectivity index (χ2v) is 4.19. The van der Waals surface area contributed by atoms with Gasteiger partial charge in [-0.15, -0.1) is 0 Å². The van der Waals surface area contributed by atoms with E-state index in [1.807, 2.05) is 12.1 Å². The molecule has 0 fully saturated rings. The Morgan fingerprint density at radius 3 is 2.50 bits per heavy atom. The minimum atomic E-state index is -0.0398. The number of unbranched alkanes of at least 4 members (excludes halogenated alkanes) is 1. The number of nitrogens with zero attached hydrogens (tertiary/aromatic N) is 2. The van der Waals surface area contributed by atoms with Crippen molar-refractivity contribution in [3.8, 4) is 0 Å². The molecule has 1 amide bonds. The summed E-state index contributed by atoms with van der Waals surface area (Å²) in [6.45, 7) is 8.86. The molecule has 0 aromatic carbocycles. The molecule has 0 aliphatic rings. The number of hydrogen-bond acceptors (Lipinski definition) is 3. The summed E-state index contributed by atoms with van der Waals surface area (Å²) < 4.78 is 0. The SMILES string of the molecule is CCCCNC(=O)c1ccc(N(CC)CC)nc1. The van der Waals surface area contributed by atoms with Crippen LogP contribution in [0, 0.1) is 0 Å². The lowest BCUT2D eigenvalue weighted by Crippen LogP contribution is -2.25. The molecule has 1 aromatic rings.